The predicted molar refractivity (Wildman–Crippen MR) is 66.4 cm³/mol. The average molecular weight is 237 g/mol. The third kappa shape index (κ3) is 2.08. The molecular weight excluding hydrogens is 214 g/mol. The van der Waals surface area contributed by atoms with Gasteiger partial charge in [0.2, 0.25) is 5.91 Å². The molecule has 0 spiro atoms. The van der Waals surface area contributed by atoms with E-state index in [1.165, 1.54) is 25.7 Å². The first-order valence-electron chi connectivity index (χ1n) is 7.00. The summed E-state index contributed by atoms with van der Waals surface area (Å²) in [6, 6.07) is 0.823. The van der Waals surface area contributed by atoms with Gasteiger partial charge >= 0.3 is 0 Å². The lowest BCUT2D eigenvalue weighted by atomic mass is 9.93. The maximum Gasteiger partial charge on any atom is 0.236 e. The smallest absolute Gasteiger partial charge is 0.236 e. The molecule has 4 nitrogen and oxygen atoms in total. The van der Waals surface area contributed by atoms with Gasteiger partial charge in [-0.3, -0.25) is 9.69 Å². The van der Waals surface area contributed by atoms with Gasteiger partial charge in [-0.05, 0) is 31.1 Å². The Bertz CT molecular complexity index is 299. The molecule has 0 aromatic carbocycles. The van der Waals surface area contributed by atoms with Crippen molar-refractivity contribution in [2.24, 2.45) is 17.6 Å². The van der Waals surface area contributed by atoms with E-state index in [9.17, 15) is 4.79 Å². The van der Waals surface area contributed by atoms with Crippen molar-refractivity contribution in [3.63, 3.8) is 0 Å². The molecule has 2 bridgehead atoms. The molecule has 0 aromatic heterocycles. The van der Waals surface area contributed by atoms with Crippen molar-refractivity contribution in [1.82, 2.24) is 9.80 Å². The Labute approximate surface area is 103 Å². The molecule has 3 unspecified atom stereocenters. The Kier molecular flexibility index (Phi) is 3.09. The number of nitrogens with zero attached hydrogens (tertiary/aromatic N) is 2. The maximum absolute atomic E-state index is 11.5. The lowest BCUT2D eigenvalue weighted by Crippen LogP contribution is -2.54. The lowest BCUT2D eigenvalue weighted by Gasteiger charge is -2.41. The molecule has 3 rings (SSSR count). The number of amides is 1. The number of rotatable bonds is 2. The van der Waals surface area contributed by atoms with Crippen molar-refractivity contribution in [1.29, 1.82) is 0 Å². The molecule has 0 radical (unpaired) electrons. The SMILES string of the molecule is NCC(=O)N1CCN(C2CC3CCC2C3)CC1. The van der Waals surface area contributed by atoms with Crippen LogP contribution in [0.5, 0.6) is 0 Å². The van der Waals surface area contributed by atoms with Crippen LogP contribution in [0.1, 0.15) is 25.7 Å². The number of carbonyl (C=O) groups is 1. The number of hydrogen-bond donors (Lipinski definition) is 1. The van der Waals surface area contributed by atoms with Crippen LogP contribution in [0.25, 0.3) is 0 Å². The molecular formula is C13H23N3O. The second kappa shape index (κ2) is 4.58. The van der Waals surface area contributed by atoms with E-state index >= 15 is 0 Å². The fourth-order valence-corrected chi connectivity index (χ4v) is 4.09. The van der Waals surface area contributed by atoms with Gasteiger partial charge in [-0.2, -0.15) is 0 Å². The fraction of sp³-hybridized carbons (Fsp3) is 0.923. The number of fused-ring (bicyclic) bond motifs is 2. The number of hydrogen-bond acceptors (Lipinski definition) is 3. The average Bonchev–Trinajstić information content (AvgIpc) is 3.00. The van der Waals surface area contributed by atoms with Crippen LogP contribution in [0.15, 0.2) is 0 Å². The molecule has 96 valence electrons. The molecule has 4 heteroatoms. The third-order valence-electron chi connectivity index (χ3n) is 5.01. The quantitative estimate of drug-likeness (QED) is 0.750. The molecule has 1 amide bonds. The molecule has 3 atom stereocenters. The van der Waals surface area contributed by atoms with E-state index in [0.717, 1.165) is 44.1 Å². The monoisotopic (exact) mass is 237 g/mol. The summed E-state index contributed by atoms with van der Waals surface area (Å²) in [5, 5.41) is 0. The van der Waals surface area contributed by atoms with Crippen LogP contribution in [0.3, 0.4) is 0 Å². The molecule has 3 fully saturated rings. The number of carbonyl (C=O) groups excluding carboxylic acids is 1. The van der Waals surface area contributed by atoms with Crippen LogP contribution in [0, 0.1) is 11.8 Å². The zero-order valence-electron chi connectivity index (χ0n) is 10.5. The Hall–Kier alpha value is -0.610. The summed E-state index contributed by atoms with van der Waals surface area (Å²) in [5.41, 5.74) is 5.40. The molecule has 2 N–H and O–H groups in total. The summed E-state index contributed by atoms with van der Waals surface area (Å²) in [7, 11) is 0. The van der Waals surface area contributed by atoms with Crippen molar-refractivity contribution in [2.45, 2.75) is 31.7 Å². The summed E-state index contributed by atoms with van der Waals surface area (Å²) in [5.74, 6) is 2.07. The predicted octanol–water partition coefficient (Wildman–Crippen LogP) is 0.278. The van der Waals surface area contributed by atoms with E-state index in [1.54, 1.807) is 0 Å². The molecule has 1 saturated heterocycles. The topological polar surface area (TPSA) is 49.6 Å². The maximum atomic E-state index is 11.5. The number of piperazine rings is 1. The van der Waals surface area contributed by atoms with Gasteiger partial charge < -0.3 is 10.6 Å². The molecule has 1 heterocycles. The Morgan fingerprint density at radius 3 is 2.41 bits per heavy atom. The van der Waals surface area contributed by atoms with Gasteiger partial charge in [0.1, 0.15) is 0 Å². The van der Waals surface area contributed by atoms with Crippen molar-refractivity contribution in [2.75, 3.05) is 32.7 Å². The minimum Gasteiger partial charge on any atom is -0.339 e. The highest BCUT2D eigenvalue weighted by Crippen LogP contribution is 2.46. The van der Waals surface area contributed by atoms with Gasteiger partial charge in [0.25, 0.3) is 0 Å². The van der Waals surface area contributed by atoms with Gasteiger partial charge in [0.05, 0.1) is 6.54 Å². The summed E-state index contributed by atoms with van der Waals surface area (Å²) in [6.45, 7) is 4.03. The van der Waals surface area contributed by atoms with Gasteiger partial charge in [0.15, 0.2) is 0 Å². The van der Waals surface area contributed by atoms with Crippen molar-refractivity contribution in [3.05, 3.63) is 0 Å². The van der Waals surface area contributed by atoms with Crippen LogP contribution < -0.4 is 5.73 Å². The van der Waals surface area contributed by atoms with E-state index < -0.39 is 0 Å². The van der Waals surface area contributed by atoms with Gasteiger partial charge in [-0.1, -0.05) is 6.42 Å². The van der Waals surface area contributed by atoms with Crippen molar-refractivity contribution < 1.29 is 4.79 Å². The summed E-state index contributed by atoms with van der Waals surface area (Å²) >= 11 is 0. The molecule has 2 aliphatic carbocycles. The van der Waals surface area contributed by atoms with E-state index in [0.29, 0.717) is 0 Å². The third-order valence-corrected chi connectivity index (χ3v) is 5.01. The normalized spacial score (nSPS) is 37.7. The van der Waals surface area contributed by atoms with Gasteiger partial charge in [-0.15, -0.1) is 0 Å². The Balaban J connectivity index is 1.53. The highest BCUT2D eigenvalue weighted by molar-refractivity contribution is 5.78. The first-order valence-corrected chi connectivity index (χ1v) is 7.00. The highest BCUT2D eigenvalue weighted by atomic mass is 16.2. The van der Waals surface area contributed by atoms with Gasteiger partial charge in [0, 0.05) is 32.2 Å². The summed E-state index contributed by atoms with van der Waals surface area (Å²) in [4.78, 5) is 16.1. The van der Waals surface area contributed by atoms with Crippen LogP contribution in [-0.2, 0) is 4.79 Å². The standard InChI is InChI=1S/C13H23N3O/c14-9-13(17)16-5-3-15(4-6-16)12-8-10-1-2-11(12)7-10/h10-12H,1-9,14H2. The van der Waals surface area contributed by atoms with Crippen molar-refractivity contribution >= 4 is 5.91 Å². The van der Waals surface area contributed by atoms with Crippen molar-refractivity contribution in [3.8, 4) is 0 Å². The van der Waals surface area contributed by atoms with E-state index in [2.05, 4.69) is 4.90 Å². The summed E-state index contributed by atoms with van der Waals surface area (Å²) < 4.78 is 0. The summed E-state index contributed by atoms with van der Waals surface area (Å²) in [6.07, 6.45) is 5.78. The minimum atomic E-state index is 0.109. The first kappa shape index (κ1) is 11.5. The first-order chi connectivity index (χ1) is 8.28. The van der Waals surface area contributed by atoms with E-state index in [4.69, 9.17) is 5.73 Å². The molecule has 2 saturated carbocycles. The zero-order chi connectivity index (χ0) is 11.8. The Morgan fingerprint density at radius 2 is 1.88 bits per heavy atom. The highest BCUT2D eigenvalue weighted by Gasteiger charge is 2.42. The van der Waals surface area contributed by atoms with Crippen LogP contribution in [0.4, 0.5) is 0 Å². The second-order valence-electron chi connectivity index (χ2n) is 5.86. The fourth-order valence-electron chi connectivity index (χ4n) is 4.09. The number of nitrogens with two attached hydrogens (primary N) is 1. The molecule has 0 aromatic rings. The zero-order valence-corrected chi connectivity index (χ0v) is 10.5. The molecule has 1 aliphatic heterocycles. The second-order valence-corrected chi connectivity index (χ2v) is 5.86. The molecule has 3 aliphatic rings. The van der Waals surface area contributed by atoms with Crippen LogP contribution >= 0.6 is 0 Å². The minimum absolute atomic E-state index is 0.109. The van der Waals surface area contributed by atoms with E-state index in [-0.39, 0.29) is 12.5 Å². The lowest BCUT2D eigenvalue weighted by molar-refractivity contribution is -0.131. The largest absolute Gasteiger partial charge is 0.339 e. The Morgan fingerprint density at radius 1 is 1.12 bits per heavy atom. The van der Waals surface area contributed by atoms with Gasteiger partial charge in [-0.25, -0.2) is 0 Å². The van der Waals surface area contributed by atoms with Crippen LogP contribution in [-0.4, -0.2) is 54.5 Å². The van der Waals surface area contributed by atoms with Crippen LogP contribution in [0.2, 0.25) is 0 Å². The van der Waals surface area contributed by atoms with E-state index in [1.807, 2.05) is 4.90 Å². The molecule has 17 heavy (non-hydrogen) atoms.